The van der Waals surface area contributed by atoms with E-state index in [9.17, 15) is 9.59 Å². The molecule has 1 unspecified atom stereocenters. The summed E-state index contributed by atoms with van der Waals surface area (Å²) < 4.78 is 7.16. The van der Waals surface area contributed by atoms with E-state index in [1.54, 1.807) is 43.6 Å². The zero-order chi connectivity index (χ0) is 20.4. The third kappa shape index (κ3) is 4.03. The van der Waals surface area contributed by atoms with Crippen LogP contribution in [-0.2, 0) is 11.8 Å². The zero-order valence-electron chi connectivity index (χ0n) is 15.7. The van der Waals surface area contributed by atoms with Crippen LogP contribution in [0.5, 0.6) is 0 Å². The average molecular weight is 412 g/mol. The molecule has 0 N–H and O–H groups in total. The first kappa shape index (κ1) is 19.2. The van der Waals surface area contributed by atoms with Crippen LogP contribution in [-0.4, -0.2) is 51.1 Å². The lowest BCUT2D eigenvalue weighted by molar-refractivity contribution is 0.0337. The predicted octanol–water partition coefficient (Wildman–Crippen LogP) is 1.98. The molecule has 4 rings (SSSR count). The topological polar surface area (TPSA) is 90.2 Å². The van der Waals surface area contributed by atoms with Crippen LogP contribution in [0.3, 0.4) is 0 Å². The number of anilines is 1. The number of ether oxygens (including phenoxy) is 1. The standard InChI is InChI=1S/C20H18ClN5O3/c1-25-18(27)10-16(15-5-6-22-12-23-15)24-20(25)26-7-8-29-17(11-26)19(28)13-3-2-4-14(21)9-13/h2-6,9-10,12,17H,7-8,11H2,1H3. The van der Waals surface area contributed by atoms with Crippen molar-refractivity contribution in [2.45, 2.75) is 6.10 Å². The van der Waals surface area contributed by atoms with E-state index in [1.165, 1.54) is 17.0 Å². The maximum Gasteiger partial charge on any atom is 0.255 e. The van der Waals surface area contributed by atoms with Crippen LogP contribution < -0.4 is 10.5 Å². The maximum absolute atomic E-state index is 12.9. The van der Waals surface area contributed by atoms with Crippen LogP contribution in [0.25, 0.3) is 11.4 Å². The summed E-state index contributed by atoms with van der Waals surface area (Å²) in [7, 11) is 1.65. The number of rotatable bonds is 4. The third-order valence-electron chi connectivity index (χ3n) is 4.71. The molecule has 8 nitrogen and oxygen atoms in total. The molecule has 0 amide bonds. The number of nitrogens with zero attached hydrogens (tertiary/aromatic N) is 5. The van der Waals surface area contributed by atoms with Gasteiger partial charge in [-0.2, -0.15) is 0 Å². The highest BCUT2D eigenvalue weighted by Gasteiger charge is 2.29. The van der Waals surface area contributed by atoms with Gasteiger partial charge in [-0.25, -0.2) is 15.0 Å². The van der Waals surface area contributed by atoms with Gasteiger partial charge in [0.25, 0.3) is 5.56 Å². The minimum absolute atomic E-state index is 0.158. The van der Waals surface area contributed by atoms with Gasteiger partial charge in [0.2, 0.25) is 5.95 Å². The van der Waals surface area contributed by atoms with Gasteiger partial charge < -0.3 is 9.64 Å². The van der Waals surface area contributed by atoms with Crippen molar-refractivity contribution in [3.63, 3.8) is 0 Å². The van der Waals surface area contributed by atoms with Crippen LogP contribution in [0.1, 0.15) is 10.4 Å². The molecule has 1 atom stereocenters. The normalized spacial score (nSPS) is 16.6. The van der Waals surface area contributed by atoms with Crippen LogP contribution in [0, 0.1) is 0 Å². The molecule has 1 aromatic carbocycles. The molecular weight excluding hydrogens is 394 g/mol. The molecule has 9 heteroatoms. The predicted molar refractivity (Wildman–Crippen MR) is 108 cm³/mol. The minimum Gasteiger partial charge on any atom is -0.366 e. The first-order valence-electron chi connectivity index (χ1n) is 9.04. The Kier molecular flexibility index (Phi) is 5.37. The minimum atomic E-state index is -0.679. The fourth-order valence-corrected chi connectivity index (χ4v) is 3.39. The van der Waals surface area contributed by atoms with Gasteiger partial charge >= 0.3 is 0 Å². The smallest absolute Gasteiger partial charge is 0.255 e. The highest BCUT2D eigenvalue weighted by molar-refractivity contribution is 6.31. The Morgan fingerprint density at radius 1 is 1.24 bits per heavy atom. The highest BCUT2D eigenvalue weighted by Crippen LogP contribution is 2.21. The molecule has 1 fully saturated rings. The van der Waals surface area contributed by atoms with Gasteiger partial charge in [-0.05, 0) is 18.2 Å². The van der Waals surface area contributed by atoms with Crippen LogP contribution in [0.15, 0.2) is 53.7 Å². The summed E-state index contributed by atoms with van der Waals surface area (Å²) in [6.45, 7) is 1.12. The van der Waals surface area contributed by atoms with Gasteiger partial charge in [-0.1, -0.05) is 23.7 Å². The van der Waals surface area contributed by atoms with Gasteiger partial charge in [0.1, 0.15) is 12.4 Å². The van der Waals surface area contributed by atoms with Gasteiger partial charge in [0.05, 0.1) is 24.5 Å². The highest BCUT2D eigenvalue weighted by atomic mass is 35.5. The molecule has 148 valence electrons. The van der Waals surface area contributed by atoms with Gasteiger partial charge in [-0.15, -0.1) is 0 Å². The van der Waals surface area contributed by atoms with Crippen molar-refractivity contribution in [3.05, 3.63) is 69.9 Å². The Bertz CT molecular complexity index is 1100. The molecule has 3 heterocycles. The Labute approximate surface area is 171 Å². The molecule has 2 aromatic heterocycles. The molecule has 1 saturated heterocycles. The maximum atomic E-state index is 12.9. The number of benzene rings is 1. The van der Waals surface area contributed by atoms with E-state index in [0.717, 1.165) is 0 Å². The largest absolute Gasteiger partial charge is 0.366 e. The third-order valence-corrected chi connectivity index (χ3v) is 4.94. The first-order chi connectivity index (χ1) is 14.0. The molecule has 0 bridgehead atoms. The molecule has 1 aliphatic heterocycles. The second-order valence-electron chi connectivity index (χ2n) is 6.61. The number of hydrogen-bond acceptors (Lipinski definition) is 7. The molecule has 0 aliphatic carbocycles. The van der Waals surface area contributed by atoms with Crippen LogP contribution in [0.2, 0.25) is 5.02 Å². The van der Waals surface area contributed by atoms with Gasteiger partial charge in [-0.3, -0.25) is 14.2 Å². The summed E-state index contributed by atoms with van der Waals surface area (Å²) in [5.74, 6) is 0.299. The monoisotopic (exact) mass is 411 g/mol. The second-order valence-corrected chi connectivity index (χ2v) is 7.05. The van der Waals surface area contributed by atoms with Gasteiger partial charge in [0, 0.05) is 36.4 Å². The Morgan fingerprint density at radius 3 is 2.86 bits per heavy atom. The molecule has 29 heavy (non-hydrogen) atoms. The first-order valence-corrected chi connectivity index (χ1v) is 9.41. The lowest BCUT2D eigenvalue weighted by Crippen LogP contribution is -2.48. The van der Waals surface area contributed by atoms with E-state index in [1.807, 2.05) is 4.90 Å². The molecule has 1 aliphatic rings. The van der Waals surface area contributed by atoms with Crippen molar-refractivity contribution >= 4 is 23.3 Å². The number of Topliss-reactive ketones (excluding diaryl/α,β-unsaturated/α-hetero) is 1. The van der Waals surface area contributed by atoms with Crippen molar-refractivity contribution < 1.29 is 9.53 Å². The fraction of sp³-hybridized carbons (Fsp3) is 0.250. The lowest BCUT2D eigenvalue weighted by Gasteiger charge is -2.33. The zero-order valence-corrected chi connectivity index (χ0v) is 16.4. The van der Waals surface area contributed by atoms with E-state index in [-0.39, 0.29) is 17.9 Å². The van der Waals surface area contributed by atoms with Crippen molar-refractivity contribution in [1.82, 2.24) is 19.5 Å². The number of carbonyl (C=O) groups is 1. The van der Waals surface area contributed by atoms with Crippen LogP contribution >= 0.6 is 11.6 Å². The summed E-state index contributed by atoms with van der Waals surface area (Å²) >= 11 is 6.00. The number of morpholine rings is 1. The fourth-order valence-electron chi connectivity index (χ4n) is 3.20. The van der Waals surface area contributed by atoms with Crippen molar-refractivity contribution in [2.75, 3.05) is 24.6 Å². The summed E-state index contributed by atoms with van der Waals surface area (Å²) in [4.78, 5) is 39.9. The summed E-state index contributed by atoms with van der Waals surface area (Å²) in [6, 6.07) is 9.89. The summed E-state index contributed by atoms with van der Waals surface area (Å²) in [6.07, 6.45) is 2.32. The SMILES string of the molecule is Cn1c(N2CCOC(C(=O)c3cccc(Cl)c3)C2)nc(-c2ccncn2)cc1=O. The lowest BCUT2D eigenvalue weighted by atomic mass is 10.1. The van der Waals surface area contributed by atoms with Crippen molar-refractivity contribution in [1.29, 1.82) is 0 Å². The molecule has 0 radical (unpaired) electrons. The Hall–Kier alpha value is -3.10. The Morgan fingerprint density at radius 2 is 2.10 bits per heavy atom. The number of hydrogen-bond donors (Lipinski definition) is 0. The number of carbonyl (C=O) groups excluding carboxylic acids is 1. The van der Waals surface area contributed by atoms with E-state index >= 15 is 0 Å². The van der Waals surface area contributed by atoms with Gasteiger partial charge in [0.15, 0.2) is 5.78 Å². The van der Waals surface area contributed by atoms with Crippen molar-refractivity contribution in [2.24, 2.45) is 7.05 Å². The van der Waals surface area contributed by atoms with Crippen LogP contribution in [0.4, 0.5) is 5.95 Å². The quantitative estimate of drug-likeness (QED) is 0.606. The summed E-state index contributed by atoms with van der Waals surface area (Å²) in [5, 5.41) is 0.491. The molecular formula is C20H18ClN5O3. The summed E-state index contributed by atoms with van der Waals surface area (Å²) in [5.41, 5.74) is 1.28. The van der Waals surface area contributed by atoms with E-state index in [2.05, 4.69) is 15.0 Å². The number of aromatic nitrogens is 4. The van der Waals surface area contributed by atoms with E-state index in [0.29, 0.717) is 41.1 Å². The number of halogens is 1. The second kappa shape index (κ2) is 8.10. The molecule has 0 spiro atoms. The van der Waals surface area contributed by atoms with E-state index < -0.39 is 6.10 Å². The molecule has 3 aromatic rings. The molecule has 0 saturated carbocycles. The Balaban J connectivity index is 1.64. The van der Waals surface area contributed by atoms with Crippen molar-refractivity contribution in [3.8, 4) is 11.4 Å². The number of ketones is 1. The van der Waals surface area contributed by atoms with E-state index in [4.69, 9.17) is 16.3 Å². The average Bonchev–Trinajstić information content (AvgIpc) is 2.75.